The molecule has 0 radical (unpaired) electrons. The third-order valence-corrected chi connectivity index (χ3v) is 4.15. The van der Waals surface area contributed by atoms with Crippen molar-refractivity contribution in [2.24, 2.45) is 11.7 Å². The van der Waals surface area contributed by atoms with Gasteiger partial charge in [-0.15, -0.1) is 0 Å². The van der Waals surface area contributed by atoms with E-state index in [0.717, 1.165) is 49.4 Å². The summed E-state index contributed by atoms with van der Waals surface area (Å²) in [4.78, 5) is 25.0. The first kappa shape index (κ1) is 16.2. The third kappa shape index (κ3) is 4.38. The van der Waals surface area contributed by atoms with Crippen LogP contribution in [0.3, 0.4) is 0 Å². The Bertz CT molecular complexity index is 459. The van der Waals surface area contributed by atoms with Gasteiger partial charge in [0.25, 0.3) is 0 Å². The van der Waals surface area contributed by atoms with Crippen molar-refractivity contribution in [2.45, 2.75) is 19.8 Å². The molecule has 1 aromatic rings. The average molecular weight is 356 g/mol. The number of anilines is 1. The highest BCUT2D eigenvalue weighted by molar-refractivity contribution is 9.10. The lowest BCUT2D eigenvalue weighted by atomic mass is 10.0. The Morgan fingerprint density at radius 1 is 1.33 bits per heavy atom. The lowest BCUT2D eigenvalue weighted by Crippen LogP contribution is -2.50. The number of nitrogens with zero attached hydrogens (tertiary/aromatic N) is 4. The summed E-state index contributed by atoms with van der Waals surface area (Å²) in [7, 11) is 0. The molecule has 1 unspecified atom stereocenters. The molecule has 2 heterocycles. The SMILES string of the molecule is CC(CCCN)C(=O)N1CCN(c2ncc(Br)cn2)CC1. The maximum Gasteiger partial charge on any atom is 0.225 e. The van der Waals surface area contributed by atoms with Crippen molar-refractivity contribution in [2.75, 3.05) is 37.6 Å². The molecule has 1 aromatic heterocycles. The minimum atomic E-state index is 0.0593. The van der Waals surface area contributed by atoms with Gasteiger partial charge in [0.2, 0.25) is 11.9 Å². The summed E-state index contributed by atoms with van der Waals surface area (Å²) >= 11 is 3.33. The van der Waals surface area contributed by atoms with E-state index in [0.29, 0.717) is 6.54 Å². The molecule has 116 valence electrons. The average Bonchev–Trinajstić information content (AvgIpc) is 2.53. The van der Waals surface area contributed by atoms with Crippen LogP contribution in [0.1, 0.15) is 19.8 Å². The second-order valence-corrected chi connectivity index (χ2v) is 6.26. The van der Waals surface area contributed by atoms with Crippen LogP contribution in [-0.4, -0.2) is 53.5 Å². The molecule has 1 saturated heterocycles. The predicted molar refractivity (Wildman–Crippen MR) is 86.0 cm³/mol. The van der Waals surface area contributed by atoms with E-state index >= 15 is 0 Å². The van der Waals surface area contributed by atoms with E-state index in [1.807, 2.05) is 11.8 Å². The Morgan fingerprint density at radius 3 is 2.52 bits per heavy atom. The fourth-order valence-electron chi connectivity index (χ4n) is 2.45. The molecule has 0 spiro atoms. The van der Waals surface area contributed by atoms with Gasteiger partial charge in [-0.3, -0.25) is 4.79 Å². The van der Waals surface area contributed by atoms with Gasteiger partial charge in [0.05, 0.1) is 4.47 Å². The summed E-state index contributed by atoms with van der Waals surface area (Å²) in [6, 6.07) is 0. The Kier molecular flexibility index (Phi) is 5.93. The Morgan fingerprint density at radius 2 is 1.95 bits per heavy atom. The molecular weight excluding hydrogens is 334 g/mol. The van der Waals surface area contributed by atoms with Crippen LogP contribution in [0.4, 0.5) is 5.95 Å². The fraction of sp³-hybridized carbons (Fsp3) is 0.643. The molecule has 21 heavy (non-hydrogen) atoms. The first-order chi connectivity index (χ1) is 10.1. The van der Waals surface area contributed by atoms with Gasteiger partial charge in [-0.25, -0.2) is 9.97 Å². The molecule has 2 rings (SSSR count). The van der Waals surface area contributed by atoms with Crippen molar-refractivity contribution in [3.63, 3.8) is 0 Å². The van der Waals surface area contributed by atoms with E-state index in [-0.39, 0.29) is 11.8 Å². The van der Waals surface area contributed by atoms with Crippen molar-refractivity contribution in [3.05, 3.63) is 16.9 Å². The molecule has 2 N–H and O–H groups in total. The van der Waals surface area contributed by atoms with E-state index in [1.165, 1.54) is 0 Å². The highest BCUT2D eigenvalue weighted by Gasteiger charge is 2.25. The summed E-state index contributed by atoms with van der Waals surface area (Å²) in [5.41, 5.74) is 5.50. The number of nitrogens with two attached hydrogens (primary N) is 1. The van der Waals surface area contributed by atoms with Gasteiger partial charge in [-0.2, -0.15) is 0 Å². The van der Waals surface area contributed by atoms with Crippen LogP contribution in [-0.2, 0) is 4.79 Å². The van der Waals surface area contributed by atoms with Crippen LogP contribution in [0.25, 0.3) is 0 Å². The van der Waals surface area contributed by atoms with Gasteiger partial charge in [-0.1, -0.05) is 6.92 Å². The number of hydrogen-bond donors (Lipinski definition) is 1. The van der Waals surface area contributed by atoms with Crippen LogP contribution in [0, 0.1) is 5.92 Å². The molecule has 0 aromatic carbocycles. The normalized spacial score (nSPS) is 16.9. The molecule has 0 aliphatic carbocycles. The van der Waals surface area contributed by atoms with Crippen molar-refractivity contribution in [1.29, 1.82) is 0 Å². The molecule has 7 heteroatoms. The van der Waals surface area contributed by atoms with Gasteiger partial charge >= 0.3 is 0 Å². The Labute approximate surface area is 133 Å². The standard InChI is InChI=1S/C14H22BrN5O/c1-11(3-2-4-16)13(21)19-5-7-20(8-6-19)14-17-9-12(15)10-18-14/h9-11H,2-8,16H2,1H3. The minimum Gasteiger partial charge on any atom is -0.339 e. The monoisotopic (exact) mass is 355 g/mol. The molecule has 1 atom stereocenters. The Balaban J connectivity index is 1.85. The molecule has 6 nitrogen and oxygen atoms in total. The zero-order chi connectivity index (χ0) is 15.2. The fourth-order valence-corrected chi connectivity index (χ4v) is 2.66. The Hall–Kier alpha value is -1.21. The van der Waals surface area contributed by atoms with Crippen molar-refractivity contribution >= 4 is 27.8 Å². The van der Waals surface area contributed by atoms with E-state index in [2.05, 4.69) is 30.8 Å². The molecule has 1 fully saturated rings. The zero-order valence-corrected chi connectivity index (χ0v) is 13.9. The number of piperazine rings is 1. The number of amides is 1. The highest BCUT2D eigenvalue weighted by Crippen LogP contribution is 2.16. The summed E-state index contributed by atoms with van der Waals surface area (Å²) in [6.45, 7) is 5.64. The van der Waals surface area contributed by atoms with E-state index in [4.69, 9.17) is 5.73 Å². The lowest BCUT2D eigenvalue weighted by Gasteiger charge is -2.36. The summed E-state index contributed by atoms with van der Waals surface area (Å²) in [5.74, 6) is 1.02. The van der Waals surface area contributed by atoms with Crippen LogP contribution >= 0.6 is 15.9 Å². The second-order valence-electron chi connectivity index (χ2n) is 5.35. The quantitative estimate of drug-likeness (QED) is 0.860. The molecular formula is C14H22BrN5O. The number of carbonyl (C=O) groups excluding carboxylic acids is 1. The molecule has 1 aliphatic rings. The van der Waals surface area contributed by atoms with Gasteiger partial charge < -0.3 is 15.5 Å². The molecule has 1 amide bonds. The number of halogens is 1. The van der Waals surface area contributed by atoms with E-state index in [1.54, 1.807) is 12.4 Å². The third-order valence-electron chi connectivity index (χ3n) is 3.74. The zero-order valence-electron chi connectivity index (χ0n) is 12.3. The summed E-state index contributed by atoms with van der Waals surface area (Å²) in [6.07, 6.45) is 5.26. The van der Waals surface area contributed by atoms with Crippen LogP contribution in [0.5, 0.6) is 0 Å². The molecule has 0 saturated carbocycles. The first-order valence-corrected chi connectivity index (χ1v) is 8.12. The predicted octanol–water partition coefficient (Wildman–Crippen LogP) is 1.26. The minimum absolute atomic E-state index is 0.0593. The van der Waals surface area contributed by atoms with Gasteiger partial charge in [0.15, 0.2) is 0 Å². The number of aromatic nitrogens is 2. The molecule has 0 bridgehead atoms. The smallest absolute Gasteiger partial charge is 0.225 e. The molecule has 1 aliphatic heterocycles. The van der Waals surface area contributed by atoms with Crippen LogP contribution < -0.4 is 10.6 Å². The lowest BCUT2D eigenvalue weighted by molar-refractivity contribution is -0.135. The number of rotatable bonds is 5. The maximum atomic E-state index is 12.3. The number of hydrogen-bond acceptors (Lipinski definition) is 5. The van der Waals surface area contributed by atoms with E-state index < -0.39 is 0 Å². The first-order valence-electron chi connectivity index (χ1n) is 7.33. The summed E-state index contributed by atoms with van der Waals surface area (Å²) in [5, 5.41) is 0. The van der Waals surface area contributed by atoms with Gasteiger partial charge in [0, 0.05) is 44.5 Å². The topological polar surface area (TPSA) is 75.4 Å². The summed E-state index contributed by atoms with van der Waals surface area (Å²) < 4.78 is 0.869. The van der Waals surface area contributed by atoms with Gasteiger partial charge in [0.1, 0.15) is 0 Å². The van der Waals surface area contributed by atoms with Crippen molar-refractivity contribution < 1.29 is 4.79 Å². The second kappa shape index (κ2) is 7.70. The van der Waals surface area contributed by atoms with Crippen LogP contribution in [0.15, 0.2) is 16.9 Å². The van der Waals surface area contributed by atoms with Gasteiger partial charge in [-0.05, 0) is 35.3 Å². The highest BCUT2D eigenvalue weighted by atomic mass is 79.9. The van der Waals surface area contributed by atoms with Crippen molar-refractivity contribution in [3.8, 4) is 0 Å². The largest absolute Gasteiger partial charge is 0.339 e. The van der Waals surface area contributed by atoms with Crippen LogP contribution in [0.2, 0.25) is 0 Å². The maximum absolute atomic E-state index is 12.3. The number of carbonyl (C=O) groups is 1. The van der Waals surface area contributed by atoms with Crippen molar-refractivity contribution in [1.82, 2.24) is 14.9 Å². The van der Waals surface area contributed by atoms with E-state index in [9.17, 15) is 4.79 Å².